The normalized spacial score (nSPS) is 11.9. The third-order valence-corrected chi connectivity index (χ3v) is 3.72. The van der Waals surface area contributed by atoms with Gasteiger partial charge in [-0.05, 0) is 11.6 Å². The van der Waals surface area contributed by atoms with Gasteiger partial charge in [0.15, 0.2) is 0 Å². The predicted molar refractivity (Wildman–Crippen MR) is 88.4 cm³/mol. The van der Waals surface area contributed by atoms with Gasteiger partial charge < -0.3 is 9.88 Å². The van der Waals surface area contributed by atoms with Crippen molar-refractivity contribution in [2.45, 2.75) is 6.04 Å². The van der Waals surface area contributed by atoms with Gasteiger partial charge >= 0.3 is 0 Å². The lowest BCUT2D eigenvalue weighted by molar-refractivity contribution is 0.0934. The molecular formula is C17H17N5O2. The Morgan fingerprint density at radius 3 is 2.50 bits per heavy atom. The lowest BCUT2D eigenvalue weighted by Gasteiger charge is -2.19. The second-order valence-corrected chi connectivity index (χ2v) is 5.39. The molecule has 122 valence electrons. The van der Waals surface area contributed by atoms with Crippen molar-refractivity contribution in [1.29, 1.82) is 0 Å². The van der Waals surface area contributed by atoms with Gasteiger partial charge in [-0.1, -0.05) is 30.3 Å². The monoisotopic (exact) mass is 323 g/mol. The summed E-state index contributed by atoms with van der Waals surface area (Å²) < 4.78 is 2.99. The number of nitrogens with zero attached hydrogens (tertiary/aromatic N) is 4. The lowest BCUT2D eigenvalue weighted by atomic mass is 10.1. The molecule has 1 aromatic carbocycles. The van der Waals surface area contributed by atoms with Crippen LogP contribution in [0.1, 0.15) is 27.9 Å². The molecule has 0 spiro atoms. The topological polar surface area (TPSA) is 81.8 Å². The molecule has 0 bridgehead atoms. The van der Waals surface area contributed by atoms with E-state index in [0.29, 0.717) is 5.82 Å². The van der Waals surface area contributed by atoms with Crippen molar-refractivity contribution in [2.24, 2.45) is 14.1 Å². The van der Waals surface area contributed by atoms with E-state index < -0.39 is 6.04 Å². The van der Waals surface area contributed by atoms with Crippen LogP contribution >= 0.6 is 0 Å². The molecule has 3 rings (SSSR count). The van der Waals surface area contributed by atoms with Crippen LogP contribution in [0.25, 0.3) is 0 Å². The zero-order valence-corrected chi connectivity index (χ0v) is 13.4. The summed E-state index contributed by atoms with van der Waals surface area (Å²) in [6, 6.07) is 11.9. The molecular weight excluding hydrogens is 306 g/mol. The molecule has 2 heterocycles. The number of aryl methyl sites for hydroxylation is 2. The molecule has 1 N–H and O–H groups in total. The number of carbonyl (C=O) groups is 1. The first kappa shape index (κ1) is 15.7. The van der Waals surface area contributed by atoms with Gasteiger partial charge in [-0.3, -0.25) is 9.59 Å². The van der Waals surface area contributed by atoms with Crippen molar-refractivity contribution in [3.05, 3.63) is 82.3 Å². The minimum atomic E-state index is -0.419. The van der Waals surface area contributed by atoms with E-state index in [1.807, 2.05) is 48.1 Å². The molecule has 1 unspecified atom stereocenters. The second kappa shape index (κ2) is 6.49. The summed E-state index contributed by atoms with van der Waals surface area (Å²) in [6.07, 6.45) is 3.50. The molecule has 7 heteroatoms. The minimum absolute atomic E-state index is 0.173. The number of carbonyl (C=O) groups excluding carboxylic acids is 1. The van der Waals surface area contributed by atoms with E-state index in [-0.39, 0.29) is 17.2 Å². The third-order valence-electron chi connectivity index (χ3n) is 3.72. The van der Waals surface area contributed by atoms with Gasteiger partial charge in [0.1, 0.15) is 17.6 Å². The fourth-order valence-corrected chi connectivity index (χ4v) is 2.43. The van der Waals surface area contributed by atoms with Gasteiger partial charge in [0.05, 0.1) is 0 Å². The number of nitrogens with one attached hydrogen (secondary N) is 1. The van der Waals surface area contributed by atoms with Crippen molar-refractivity contribution in [2.75, 3.05) is 0 Å². The summed E-state index contributed by atoms with van der Waals surface area (Å²) >= 11 is 0. The maximum atomic E-state index is 12.6. The van der Waals surface area contributed by atoms with Crippen molar-refractivity contribution in [3.63, 3.8) is 0 Å². The van der Waals surface area contributed by atoms with Crippen molar-refractivity contribution >= 4 is 5.91 Å². The van der Waals surface area contributed by atoms with E-state index in [2.05, 4.69) is 15.4 Å². The van der Waals surface area contributed by atoms with Crippen LogP contribution in [0.4, 0.5) is 0 Å². The molecule has 0 saturated heterocycles. The van der Waals surface area contributed by atoms with Gasteiger partial charge in [-0.25, -0.2) is 9.67 Å². The molecule has 3 aromatic rings. The predicted octanol–water partition coefficient (Wildman–Crippen LogP) is 1.03. The number of imidazole rings is 1. The Labute approximate surface area is 138 Å². The SMILES string of the molecule is Cn1ccnc1C(NC(=O)c1ccc(=O)n(C)n1)c1ccccc1. The van der Waals surface area contributed by atoms with Crippen molar-refractivity contribution in [1.82, 2.24) is 24.6 Å². The number of aromatic nitrogens is 4. The Bertz CT molecular complexity index is 914. The van der Waals surface area contributed by atoms with E-state index in [1.54, 1.807) is 6.20 Å². The Morgan fingerprint density at radius 1 is 1.12 bits per heavy atom. The highest BCUT2D eigenvalue weighted by Crippen LogP contribution is 2.20. The van der Waals surface area contributed by atoms with Crippen LogP contribution in [-0.4, -0.2) is 25.2 Å². The molecule has 0 aliphatic carbocycles. The van der Waals surface area contributed by atoms with Crippen molar-refractivity contribution < 1.29 is 4.79 Å². The smallest absolute Gasteiger partial charge is 0.272 e. The molecule has 1 amide bonds. The summed E-state index contributed by atoms with van der Waals surface area (Å²) in [5.41, 5.74) is 0.812. The average Bonchev–Trinajstić information content (AvgIpc) is 3.01. The van der Waals surface area contributed by atoms with Crippen LogP contribution in [0, 0.1) is 0 Å². The minimum Gasteiger partial charge on any atom is -0.337 e. The zero-order chi connectivity index (χ0) is 17.1. The number of rotatable bonds is 4. The first-order chi connectivity index (χ1) is 11.6. The molecule has 0 fully saturated rings. The van der Waals surface area contributed by atoms with Gasteiger partial charge in [0.25, 0.3) is 11.5 Å². The maximum absolute atomic E-state index is 12.6. The van der Waals surface area contributed by atoms with Gasteiger partial charge in [-0.15, -0.1) is 0 Å². The summed E-state index contributed by atoms with van der Waals surface area (Å²) in [5, 5.41) is 6.93. The summed E-state index contributed by atoms with van der Waals surface area (Å²) in [7, 11) is 3.38. The highest BCUT2D eigenvalue weighted by Gasteiger charge is 2.22. The molecule has 0 saturated carbocycles. The molecule has 7 nitrogen and oxygen atoms in total. The molecule has 1 atom stereocenters. The van der Waals surface area contributed by atoms with E-state index in [9.17, 15) is 9.59 Å². The summed E-state index contributed by atoms with van der Waals surface area (Å²) in [4.78, 5) is 28.3. The van der Waals surface area contributed by atoms with Crippen LogP contribution in [0.2, 0.25) is 0 Å². The van der Waals surface area contributed by atoms with E-state index >= 15 is 0 Å². The summed E-state index contributed by atoms with van der Waals surface area (Å²) in [5.74, 6) is 0.335. The third kappa shape index (κ3) is 3.10. The molecule has 0 aliphatic rings. The highest BCUT2D eigenvalue weighted by atomic mass is 16.2. The standard InChI is InChI=1S/C17H17N5O2/c1-21-11-10-18-16(21)15(12-6-4-3-5-7-12)19-17(24)13-8-9-14(23)22(2)20-13/h3-11,15H,1-2H3,(H,19,24). The van der Waals surface area contributed by atoms with E-state index in [4.69, 9.17) is 0 Å². The number of amides is 1. The fraction of sp³-hybridized carbons (Fsp3) is 0.176. The Kier molecular flexibility index (Phi) is 4.24. The van der Waals surface area contributed by atoms with Crippen LogP contribution in [0.5, 0.6) is 0 Å². The summed E-state index contributed by atoms with van der Waals surface area (Å²) in [6.45, 7) is 0. The number of benzene rings is 1. The average molecular weight is 323 g/mol. The first-order valence-electron chi connectivity index (χ1n) is 7.43. The van der Waals surface area contributed by atoms with Gasteiger partial charge in [-0.2, -0.15) is 5.10 Å². The zero-order valence-electron chi connectivity index (χ0n) is 13.4. The Hall–Kier alpha value is -3.22. The van der Waals surface area contributed by atoms with Crippen molar-refractivity contribution in [3.8, 4) is 0 Å². The van der Waals surface area contributed by atoms with Crippen LogP contribution in [-0.2, 0) is 14.1 Å². The van der Waals surface area contributed by atoms with Gasteiger partial charge in [0, 0.05) is 32.6 Å². The molecule has 0 aliphatic heterocycles. The fourth-order valence-electron chi connectivity index (χ4n) is 2.43. The Balaban J connectivity index is 1.95. The number of hydrogen-bond acceptors (Lipinski definition) is 4. The molecule has 0 radical (unpaired) electrons. The Morgan fingerprint density at radius 2 is 1.88 bits per heavy atom. The van der Waals surface area contributed by atoms with Crippen LogP contribution in [0.15, 0.2) is 59.7 Å². The van der Waals surface area contributed by atoms with E-state index in [0.717, 1.165) is 10.2 Å². The molecule has 2 aromatic heterocycles. The maximum Gasteiger partial charge on any atom is 0.272 e. The van der Waals surface area contributed by atoms with Gasteiger partial charge in [0.2, 0.25) is 0 Å². The van der Waals surface area contributed by atoms with Crippen LogP contribution < -0.4 is 10.9 Å². The first-order valence-corrected chi connectivity index (χ1v) is 7.43. The molecule has 24 heavy (non-hydrogen) atoms. The second-order valence-electron chi connectivity index (χ2n) is 5.39. The quantitative estimate of drug-likeness (QED) is 0.777. The highest BCUT2D eigenvalue weighted by molar-refractivity contribution is 5.92. The van der Waals surface area contributed by atoms with Crippen LogP contribution in [0.3, 0.4) is 0 Å². The van der Waals surface area contributed by atoms with E-state index in [1.165, 1.54) is 19.2 Å². The largest absolute Gasteiger partial charge is 0.337 e. The lowest BCUT2D eigenvalue weighted by Crippen LogP contribution is -2.33. The number of hydrogen-bond donors (Lipinski definition) is 1.